The fourth-order valence-electron chi connectivity index (χ4n) is 2.41. The summed E-state index contributed by atoms with van der Waals surface area (Å²) >= 11 is 0. The van der Waals surface area contributed by atoms with Crippen molar-refractivity contribution in [3.05, 3.63) is 0 Å². The number of aliphatic hydroxyl groups excluding tert-OH is 3. The lowest BCUT2D eigenvalue weighted by Crippen LogP contribution is -2.55. The minimum atomic E-state index is -0.702. The predicted octanol–water partition coefficient (Wildman–Crippen LogP) is -4.10. The van der Waals surface area contributed by atoms with Crippen molar-refractivity contribution >= 4 is 5.91 Å². The van der Waals surface area contributed by atoms with Crippen LogP contribution in [0.5, 0.6) is 0 Å². The number of nitrogens with zero attached hydrogens (tertiary/aromatic N) is 1. The first kappa shape index (κ1) is 20.2. The summed E-state index contributed by atoms with van der Waals surface area (Å²) < 4.78 is 0. The van der Waals surface area contributed by atoms with E-state index in [9.17, 15) is 9.90 Å². The molecule has 1 aliphatic rings. The minimum absolute atomic E-state index is 0.309. The van der Waals surface area contributed by atoms with Gasteiger partial charge in [-0.25, -0.2) is 0 Å². The van der Waals surface area contributed by atoms with Crippen LogP contribution in [0.2, 0.25) is 0 Å². The molecule has 1 aliphatic heterocycles. The molecule has 1 saturated heterocycles. The Morgan fingerprint density at radius 2 is 1.35 bits per heavy atom. The molecule has 23 heavy (non-hydrogen) atoms. The first-order valence-electron chi connectivity index (χ1n) is 8.22. The van der Waals surface area contributed by atoms with E-state index in [0.717, 1.165) is 39.3 Å². The van der Waals surface area contributed by atoms with Crippen LogP contribution in [0.25, 0.3) is 0 Å². The largest absolute Gasteiger partial charge is 0.394 e. The lowest BCUT2D eigenvalue weighted by molar-refractivity contribution is -0.129. The summed E-state index contributed by atoms with van der Waals surface area (Å²) in [6.07, 6.45) is 0. The van der Waals surface area contributed by atoms with Crippen molar-refractivity contribution < 1.29 is 20.1 Å². The van der Waals surface area contributed by atoms with Gasteiger partial charge in [0.05, 0.1) is 25.9 Å². The fraction of sp³-hybridized carbons (Fsp3) is 0.929. The number of hydrogen-bond donors (Lipinski definition) is 7. The lowest BCUT2D eigenvalue weighted by Gasteiger charge is -2.31. The van der Waals surface area contributed by atoms with Crippen LogP contribution in [-0.4, -0.2) is 110 Å². The van der Waals surface area contributed by atoms with E-state index in [1.165, 1.54) is 0 Å². The fourth-order valence-corrected chi connectivity index (χ4v) is 2.41. The standard InChI is InChI=1S/C14H31N5O4/c20-9-12(10-21)18-14(23)13(11-22)19-7-5-16-3-1-15-2-4-17-6-8-19/h12-13,15-17,20-22H,1-11H2,(H,18,23). The Morgan fingerprint density at radius 1 is 0.870 bits per heavy atom. The molecule has 9 heteroatoms. The molecule has 136 valence electrons. The van der Waals surface area contributed by atoms with Gasteiger partial charge in [0.25, 0.3) is 0 Å². The van der Waals surface area contributed by atoms with E-state index >= 15 is 0 Å². The molecule has 0 aliphatic carbocycles. The molecular formula is C14H31N5O4. The molecule has 0 bridgehead atoms. The summed E-state index contributed by atoms with van der Waals surface area (Å²) in [5.74, 6) is -0.380. The number of carbonyl (C=O) groups is 1. The third-order valence-corrected chi connectivity index (χ3v) is 3.81. The molecule has 1 atom stereocenters. The molecule has 0 aromatic heterocycles. The average molecular weight is 333 g/mol. The third-order valence-electron chi connectivity index (χ3n) is 3.81. The molecule has 1 rings (SSSR count). The summed E-state index contributed by atoms with van der Waals surface area (Å²) in [6, 6.07) is -1.40. The maximum atomic E-state index is 12.3. The zero-order valence-corrected chi connectivity index (χ0v) is 13.6. The van der Waals surface area contributed by atoms with E-state index in [0.29, 0.717) is 13.1 Å². The highest BCUT2D eigenvalue weighted by molar-refractivity contribution is 5.82. The normalized spacial score (nSPS) is 20.5. The molecule has 9 nitrogen and oxygen atoms in total. The summed E-state index contributed by atoms with van der Waals surface area (Å²) in [4.78, 5) is 14.2. The van der Waals surface area contributed by atoms with Crippen LogP contribution in [0, 0.1) is 0 Å². The molecule has 0 aromatic rings. The van der Waals surface area contributed by atoms with Crippen molar-refractivity contribution in [3.63, 3.8) is 0 Å². The SMILES string of the molecule is O=C(NC(CO)CO)C(CO)N1CCNCCNCCNCC1. The van der Waals surface area contributed by atoms with Crippen LogP contribution in [0.4, 0.5) is 0 Å². The lowest BCUT2D eigenvalue weighted by atomic mass is 10.2. The maximum Gasteiger partial charge on any atom is 0.240 e. The first-order valence-corrected chi connectivity index (χ1v) is 8.22. The highest BCUT2D eigenvalue weighted by Crippen LogP contribution is 2.00. The molecule has 0 radical (unpaired) electrons. The number of aliphatic hydroxyl groups is 3. The van der Waals surface area contributed by atoms with Crippen molar-refractivity contribution in [3.8, 4) is 0 Å². The highest BCUT2D eigenvalue weighted by atomic mass is 16.3. The first-order chi connectivity index (χ1) is 11.2. The maximum absolute atomic E-state index is 12.3. The predicted molar refractivity (Wildman–Crippen MR) is 87.2 cm³/mol. The van der Waals surface area contributed by atoms with Crippen LogP contribution in [0.15, 0.2) is 0 Å². The van der Waals surface area contributed by atoms with Gasteiger partial charge in [0.1, 0.15) is 6.04 Å². The number of nitrogens with one attached hydrogen (secondary N) is 4. The van der Waals surface area contributed by atoms with Gasteiger partial charge in [0.15, 0.2) is 0 Å². The Labute approximate surface area is 137 Å². The second kappa shape index (κ2) is 12.6. The Bertz CT molecular complexity index is 306. The zero-order chi connectivity index (χ0) is 16.9. The number of hydrogen-bond acceptors (Lipinski definition) is 8. The monoisotopic (exact) mass is 333 g/mol. The van der Waals surface area contributed by atoms with E-state index in [2.05, 4.69) is 21.3 Å². The number of carbonyl (C=O) groups excluding carboxylic acids is 1. The van der Waals surface area contributed by atoms with Crippen LogP contribution >= 0.6 is 0 Å². The molecule has 1 unspecified atom stereocenters. The number of amides is 1. The Morgan fingerprint density at radius 3 is 1.78 bits per heavy atom. The molecule has 0 saturated carbocycles. The molecule has 1 heterocycles. The van der Waals surface area contributed by atoms with Crippen molar-refractivity contribution in [2.24, 2.45) is 0 Å². The van der Waals surface area contributed by atoms with E-state index < -0.39 is 12.1 Å². The van der Waals surface area contributed by atoms with Gasteiger partial charge in [-0.2, -0.15) is 0 Å². The highest BCUT2D eigenvalue weighted by Gasteiger charge is 2.26. The topological polar surface area (TPSA) is 129 Å². The van der Waals surface area contributed by atoms with Gasteiger partial charge in [-0.05, 0) is 0 Å². The van der Waals surface area contributed by atoms with Crippen molar-refractivity contribution in [2.75, 3.05) is 72.2 Å². The van der Waals surface area contributed by atoms with Gasteiger partial charge in [-0.3, -0.25) is 9.69 Å². The summed E-state index contributed by atoms with van der Waals surface area (Å²) in [5.41, 5.74) is 0. The zero-order valence-electron chi connectivity index (χ0n) is 13.6. The van der Waals surface area contributed by atoms with Gasteiger partial charge in [-0.1, -0.05) is 0 Å². The van der Waals surface area contributed by atoms with E-state index in [1.807, 2.05) is 4.90 Å². The molecule has 0 aromatic carbocycles. The Balaban J connectivity index is 2.59. The van der Waals surface area contributed by atoms with Crippen LogP contribution < -0.4 is 21.3 Å². The van der Waals surface area contributed by atoms with Gasteiger partial charge in [0, 0.05) is 52.4 Å². The average Bonchev–Trinajstić information content (AvgIpc) is 2.55. The second-order valence-electron chi connectivity index (χ2n) is 5.56. The van der Waals surface area contributed by atoms with Crippen molar-refractivity contribution in [1.29, 1.82) is 0 Å². The summed E-state index contributed by atoms with van der Waals surface area (Å²) in [5, 5.41) is 40.2. The quantitative estimate of drug-likeness (QED) is 0.261. The number of rotatable bonds is 6. The van der Waals surface area contributed by atoms with Gasteiger partial charge in [-0.15, -0.1) is 0 Å². The van der Waals surface area contributed by atoms with E-state index in [4.69, 9.17) is 10.2 Å². The van der Waals surface area contributed by atoms with Gasteiger partial charge >= 0.3 is 0 Å². The van der Waals surface area contributed by atoms with Crippen molar-refractivity contribution in [1.82, 2.24) is 26.2 Å². The van der Waals surface area contributed by atoms with Gasteiger partial charge in [0.2, 0.25) is 5.91 Å². The van der Waals surface area contributed by atoms with E-state index in [-0.39, 0.29) is 25.7 Å². The minimum Gasteiger partial charge on any atom is -0.394 e. The van der Waals surface area contributed by atoms with E-state index in [1.54, 1.807) is 0 Å². The molecule has 1 amide bonds. The van der Waals surface area contributed by atoms with Crippen LogP contribution in [0.1, 0.15) is 0 Å². The Hall–Kier alpha value is -0.810. The molecule has 0 spiro atoms. The molecule has 7 N–H and O–H groups in total. The third kappa shape index (κ3) is 8.02. The van der Waals surface area contributed by atoms with Gasteiger partial charge < -0.3 is 36.6 Å². The Kier molecular flexibility index (Phi) is 11.1. The van der Waals surface area contributed by atoms with Crippen molar-refractivity contribution in [2.45, 2.75) is 12.1 Å². The molecular weight excluding hydrogens is 302 g/mol. The van der Waals surface area contributed by atoms with Crippen LogP contribution in [0.3, 0.4) is 0 Å². The molecule has 1 fully saturated rings. The summed E-state index contributed by atoms with van der Waals surface area (Å²) in [6.45, 7) is 5.18. The smallest absolute Gasteiger partial charge is 0.240 e. The second-order valence-corrected chi connectivity index (χ2v) is 5.56. The van der Waals surface area contributed by atoms with Crippen LogP contribution in [-0.2, 0) is 4.79 Å². The summed E-state index contributed by atoms with van der Waals surface area (Å²) in [7, 11) is 0.